The van der Waals surface area contributed by atoms with Crippen LogP contribution in [0.2, 0.25) is 0 Å². The highest BCUT2D eigenvalue weighted by Crippen LogP contribution is 2.25. The van der Waals surface area contributed by atoms with Crippen molar-refractivity contribution in [3.8, 4) is 11.8 Å². The molecule has 0 fully saturated rings. The summed E-state index contributed by atoms with van der Waals surface area (Å²) < 4.78 is 0. The van der Waals surface area contributed by atoms with Crippen LogP contribution >= 0.6 is 0 Å². The lowest BCUT2D eigenvalue weighted by Crippen LogP contribution is -2.26. The highest BCUT2D eigenvalue weighted by molar-refractivity contribution is 5.99. The van der Waals surface area contributed by atoms with Gasteiger partial charge in [0.25, 0.3) is 5.91 Å². The Hall–Kier alpha value is -3.97. The summed E-state index contributed by atoms with van der Waals surface area (Å²) in [4.78, 5) is 17.8. The number of carbonyl (C=O) groups excluding carboxylic acids is 1. The predicted octanol–water partition coefficient (Wildman–Crippen LogP) is 1.14. The topological polar surface area (TPSA) is 161 Å². The number of nitrogens with one attached hydrogen (secondary N) is 2. The van der Waals surface area contributed by atoms with Gasteiger partial charge < -0.3 is 22.1 Å². The highest BCUT2D eigenvalue weighted by Gasteiger charge is 2.17. The first kappa shape index (κ1) is 18.8. The Balaban J connectivity index is 2.00. The summed E-state index contributed by atoms with van der Waals surface area (Å²) in [7, 11) is 0. The lowest BCUT2D eigenvalue weighted by molar-refractivity contribution is 0.100. The molecule has 0 aliphatic carbocycles. The second kappa shape index (κ2) is 8.15. The number of anilines is 3. The van der Waals surface area contributed by atoms with Crippen LogP contribution in [0.25, 0.3) is 5.69 Å². The Morgan fingerprint density at radius 3 is 2.68 bits per heavy atom. The van der Waals surface area contributed by atoms with E-state index in [1.807, 2.05) is 25.1 Å². The van der Waals surface area contributed by atoms with E-state index in [2.05, 4.69) is 25.8 Å². The highest BCUT2D eigenvalue weighted by atomic mass is 16.1. The molecule has 0 aliphatic rings. The number of hydrogen-bond acceptors (Lipinski definition) is 8. The minimum absolute atomic E-state index is 0.102. The molecule has 0 radical (unpaired) electrons. The standard InChI is InChI=1S/C18H19N9O/c1-11(9-19)24-17-12(10-20)7-15(16(21)28)18(26-17)25-13-3-2-4-14(8-13)27-22-5-6-23-27/h2-8,11H,9,19H2,1H3,(H2,21,28)(H2,24,25,26)/t11-/m1/s1. The molecule has 1 atom stereocenters. The van der Waals surface area contributed by atoms with Crippen molar-refractivity contribution in [2.45, 2.75) is 13.0 Å². The zero-order chi connectivity index (χ0) is 20.1. The van der Waals surface area contributed by atoms with Gasteiger partial charge in [-0.25, -0.2) is 4.98 Å². The number of nitrogens with zero attached hydrogens (tertiary/aromatic N) is 5. The normalized spacial score (nSPS) is 11.5. The van der Waals surface area contributed by atoms with Crippen molar-refractivity contribution in [3.63, 3.8) is 0 Å². The smallest absolute Gasteiger partial charge is 0.252 e. The minimum Gasteiger partial charge on any atom is -0.365 e. The van der Waals surface area contributed by atoms with E-state index in [9.17, 15) is 10.1 Å². The van der Waals surface area contributed by atoms with Gasteiger partial charge in [0, 0.05) is 18.3 Å². The summed E-state index contributed by atoms with van der Waals surface area (Å²) in [6.07, 6.45) is 3.15. The number of aromatic nitrogens is 4. The van der Waals surface area contributed by atoms with Crippen molar-refractivity contribution in [2.24, 2.45) is 11.5 Å². The van der Waals surface area contributed by atoms with Crippen LogP contribution in [0.15, 0.2) is 42.7 Å². The van der Waals surface area contributed by atoms with E-state index in [1.165, 1.54) is 10.9 Å². The van der Waals surface area contributed by atoms with Crippen molar-refractivity contribution < 1.29 is 4.79 Å². The molecule has 0 bridgehead atoms. The molecule has 2 aromatic heterocycles. The first-order valence-electron chi connectivity index (χ1n) is 8.47. The van der Waals surface area contributed by atoms with E-state index in [1.54, 1.807) is 24.5 Å². The van der Waals surface area contributed by atoms with Crippen LogP contribution in [0.5, 0.6) is 0 Å². The van der Waals surface area contributed by atoms with E-state index >= 15 is 0 Å². The first-order chi connectivity index (χ1) is 13.5. The Morgan fingerprint density at radius 2 is 2.04 bits per heavy atom. The lowest BCUT2D eigenvalue weighted by atomic mass is 10.1. The summed E-state index contributed by atoms with van der Waals surface area (Å²) >= 11 is 0. The number of rotatable bonds is 7. The predicted molar refractivity (Wildman–Crippen MR) is 104 cm³/mol. The number of nitriles is 1. The monoisotopic (exact) mass is 377 g/mol. The van der Waals surface area contributed by atoms with Crippen molar-refractivity contribution in [3.05, 3.63) is 53.9 Å². The number of primary amides is 1. The summed E-state index contributed by atoms with van der Waals surface area (Å²) in [6, 6.07) is 10.5. The maximum absolute atomic E-state index is 11.9. The molecule has 0 spiro atoms. The molecular weight excluding hydrogens is 358 g/mol. The molecule has 1 aromatic carbocycles. The Labute approximate surface area is 161 Å². The lowest BCUT2D eigenvalue weighted by Gasteiger charge is -2.17. The Bertz CT molecular complexity index is 1020. The van der Waals surface area contributed by atoms with Crippen LogP contribution < -0.4 is 22.1 Å². The zero-order valence-corrected chi connectivity index (χ0v) is 15.1. The molecule has 10 nitrogen and oxygen atoms in total. The third-order valence-electron chi connectivity index (χ3n) is 3.90. The molecule has 3 rings (SSSR count). The van der Waals surface area contributed by atoms with Crippen LogP contribution in [0.1, 0.15) is 22.8 Å². The maximum Gasteiger partial charge on any atom is 0.252 e. The van der Waals surface area contributed by atoms with Crippen LogP contribution in [0, 0.1) is 11.3 Å². The van der Waals surface area contributed by atoms with Gasteiger partial charge >= 0.3 is 0 Å². The molecule has 142 valence electrons. The number of hydrogen-bond donors (Lipinski definition) is 4. The van der Waals surface area contributed by atoms with Gasteiger partial charge in [0.1, 0.15) is 17.7 Å². The number of nitrogens with two attached hydrogens (primary N) is 2. The molecule has 2 heterocycles. The van der Waals surface area contributed by atoms with E-state index in [-0.39, 0.29) is 23.0 Å². The molecule has 1 amide bonds. The van der Waals surface area contributed by atoms with E-state index in [0.717, 1.165) is 5.69 Å². The van der Waals surface area contributed by atoms with Crippen LogP contribution in [-0.4, -0.2) is 38.5 Å². The van der Waals surface area contributed by atoms with Gasteiger partial charge in [-0.3, -0.25) is 4.79 Å². The van der Waals surface area contributed by atoms with Gasteiger partial charge in [-0.15, -0.1) is 0 Å². The van der Waals surface area contributed by atoms with E-state index in [0.29, 0.717) is 18.1 Å². The second-order valence-corrected chi connectivity index (χ2v) is 6.03. The van der Waals surface area contributed by atoms with Gasteiger partial charge in [0.15, 0.2) is 0 Å². The molecular formula is C18H19N9O. The van der Waals surface area contributed by atoms with Crippen molar-refractivity contribution >= 4 is 23.2 Å². The van der Waals surface area contributed by atoms with Crippen molar-refractivity contribution in [1.82, 2.24) is 20.0 Å². The number of carbonyl (C=O) groups is 1. The molecule has 3 aromatic rings. The molecule has 28 heavy (non-hydrogen) atoms. The Kier molecular flexibility index (Phi) is 5.48. The van der Waals surface area contributed by atoms with E-state index in [4.69, 9.17) is 11.5 Å². The third-order valence-corrected chi connectivity index (χ3v) is 3.90. The van der Waals surface area contributed by atoms with E-state index < -0.39 is 5.91 Å². The van der Waals surface area contributed by atoms with Gasteiger partial charge in [0.2, 0.25) is 0 Å². The summed E-state index contributed by atoms with van der Waals surface area (Å²) in [5.74, 6) is -0.156. The SMILES string of the molecule is C[C@H](CN)Nc1nc(Nc2cccc(-n3nccn3)c2)c(C(N)=O)cc1C#N. The summed E-state index contributed by atoms with van der Waals surface area (Å²) in [5, 5.41) is 23.7. The minimum atomic E-state index is -0.699. The van der Waals surface area contributed by atoms with Crippen LogP contribution in [0.4, 0.5) is 17.3 Å². The molecule has 0 unspecified atom stereocenters. The molecule has 6 N–H and O–H groups in total. The number of pyridine rings is 1. The van der Waals surface area contributed by atoms with Gasteiger partial charge in [-0.05, 0) is 31.2 Å². The number of benzene rings is 1. The molecule has 0 saturated heterocycles. The maximum atomic E-state index is 11.9. The van der Waals surface area contributed by atoms with Gasteiger partial charge in [-0.2, -0.15) is 20.3 Å². The fourth-order valence-corrected chi connectivity index (χ4v) is 2.48. The zero-order valence-electron chi connectivity index (χ0n) is 15.1. The fraction of sp³-hybridized carbons (Fsp3) is 0.167. The third kappa shape index (κ3) is 4.05. The van der Waals surface area contributed by atoms with Crippen molar-refractivity contribution in [1.29, 1.82) is 5.26 Å². The van der Waals surface area contributed by atoms with Crippen LogP contribution in [0.3, 0.4) is 0 Å². The summed E-state index contributed by atoms with van der Waals surface area (Å²) in [5.41, 5.74) is 12.8. The van der Waals surface area contributed by atoms with Gasteiger partial charge in [0.05, 0.1) is 29.2 Å². The average molecular weight is 377 g/mol. The molecule has 10 heteroatoms. The Morgan fingerprint density at radius 1 is 1.29 bits per heavy atom. The molecule has 0 saturated carbocycles. The van der Waals surface area contributed by atoms with Crippen molar-refractivity contribution in [2.75, 3.05) is 17.2 Å². The second-order valence-electron chi connectivity index (χ2n) is 6.03. The largest absolute Gasteiger partial charge is 0.365 e. The molecule has 0 aliphatic heterocycles. The van der Waals surface area contributed by atoms with Gasteiger partial charge in [-0.1, -0.05) is 6.07 Å². The van der Waals surface area contributed by atoms with Crippen LogP contribution in [-0.2, 0) is 0 Å². The fourth-order valence-electron chi connectivity index (χ4n) is 2.48. The summed E-state index contributed by atoms with van der Waals surface area (Å²) in [6.45, 7) is 2.21. The first-order valence-corrected chi connectivity index (χ1v) is 8.47. The quantitative estimate of drug-likeness (QED) is 0.476. The average Bonchev–Trinajstić information content (AvgIpc) is 3.23. The number of amides is 1.